The highest BCUT2D eigenvalue weighted by Crippen LogP contribution is 2.28. The first-order valence-corrected chi connectivity index (χ1v) is 6.98. The van der Waals surface area contributed by atoms with Crippen LogP contribution in [-0.2, 0) is 6.42 Å². The molecule has 0 aromatic heterocycles. The van der Waals surface area contributed by atoms with E-state index in [9.17, 15) is 0 Å². The van der Waals surface area contributed by atoms with Gasteiger partial charge in [0.2, 0.25) is 0 Å². The van der Waals surface area contributed by atoms with Crippen LogP contribution in [0.3, 0.4) is 0 Å². The van der Waals surface area contributed by atoms with Crippen molar-refractivity contribution in [3.8, 4) is 0 Å². The molecule has 2 aromatic carbocycles. The molecule has 1 aliphatic carbocycles. The summed E-state index contributed by atoms with van der Waals surface area (Å²) in [4.78, 5) is 4.98. The molecule has 0 unspecified atom stereocenters. The molecule has 0 heterocycles. The number of hydrogen-bond donors (Lipinski definition) is 0. The Hall–Kier alpha value is -1.89. The molecule has 1 aliphatic rings. The van der Waals surface area contributed by atoms with Crippen molar-refractivity contribution in [2.24, 2.45) is 4.99 Å². The summed E-state index contributed by atoms with van der Waals surface area (Å²) in [5.41, 5.74) is 7.70. The average molecular weight is 249 g/mol. The Bertz CT molecular complexity index is 618. The Kier molecular flexibility index (Phi) is 3.20. The molecule has 0 radical (unpaired) electrons. The Balaban J connectivity index is 2.11. The summed E-state index contributed by atoms with van der Waals surface area (Å²) in [6.07, 6.45) is 3.48. The Labute approximate surface area is 115 Å². The van der Waals surface area contributed by atoms with E-state index in [4.69, 9.17) is 4.99 Å². The van der Waals surface area contributed by atoms with Crippen LogP contribution in [-0.4, -0.2) is 5.71 Å². The van der Waals surface area contributed by atoms with Gasteiger partial charge in [-0.05, 0) is 55.4 Å². The van der Waals surface area contributed by atoms with Crippen LogP contribution in [0, 0.1) is 13.8 Å². The molecular formula is C18H19N. The van der Waals surface area contributed by atoms with E-state index in [1.165, 1.54) is 40.8 Å². The van der Waals surface area contributed by atoms with E-state index >= 15 is 0 Å². The van der Waals surface area contributed by atoms with Crippen LogP contribution in [0.5, 0.6) is 0 Å². The molecule has 0 saturated carbocycles. The molecule has 19 heavy (non-hydrogen) atoms. The second kappa shape index (κ2) is 5.00. The van der Waals surface area contributed by atoms with Gasteiger partial charge in [0.05, 0.1) is 5.69 Å². The molecule has 0 aliphatic heterocycles. The molecule has 96 valence electrons. The van der Waals surface area contributed by atoms with Gasteiger partial charge in [-0.1, -0.05) is 42.5 Å². The summed E-state index contributed by atoms with van der Waals surface area (Å²) in [7, 11) is 0. The van der Waals surface area contributed by atoms with Gasteiger partial charge in [0.1, 0.15) is 0 Å². The number of aliphatic imine (C=N–C) groups is 1. The van der Waals surface area contributed by atoms with E-state index in [0.29, 0.717) is 0 Å². The van der Waals surface area contributed by atoms with Gasteiger partial charge in [0.25, 0.3) is 0 Å². The van der Waals surface area contributed by atoms with Crippen molar-refractivity contribution in [2.75, 3.05) is 0 Å². The van der Waals surface area contributed by atoms with Crippen LogP contribution in [0.15, 0.2) is 47.5 Å². The van der Waals surface area contributed by atoms with Gasteiger partial charge >= 0.3 is 0 Å². The third-order valence-corrected chi connectivity index (χ3v) is 3.87. The Morgan fingerprint density at radius 2 is 1.58 bits per heavy atom. The zero-order chi connectivity index (χ0) is 13.2. The molecule has 1 nitrogen and oxygen atoms in total. The molecule has 0 bridgehead atoms. The molecule has 0 N–H and O–H groups in total. The van der Waals surface area contributed by atoms with E-state index in [1.54, 1.807) is 0 Å². The summed E-state index contributed by atoms with van der Waals surface area (Å²) in [6, 6.07) is 15.1. The lowest BCUT2D eigenvalue weighted by Gasteiger charge is -2.18. The maximum atomic E-state index is 4.98. The van der Waals surface area contributed by atoms with Gasteiger partial charge in [-0.3, -0.25) is 4.99 Å². The van der Waals surface area contributed by atoms with Gasteiger partial charge in [-0.15, -0.1) is 0 Å². The minimum absolute atomic E-state index is 1.09. The van der Waals surface area contributed by atoms with Crippen LogP contribution in [0.2, 0.25) is 0 Å². The van der Waals surface area contributed by atoms with Crippen molar-refractivity contribution < 1.29 is 0 Å². The molecule has 3 rings (SSSR count). The van der Waals surface area contributed by atoms with Crippen LogP contribution in [0.1, 0.15) is 35.1 Å². The normalized spacial score (nSPS) is 16.4. The van der Waals surface area contributed by atoms with Gasteiger partial charge in [-0.2, -0.15) is 0 Å². The van der Waals surface area contributed by atoms with Crippen LogP contribution in [0.4, 0.5) is 5.69 Å². The molecular weight excluding hydrogens is 230 g/mol. The first-order valence-electron chi connectivity index (χ1n) is 6.98. The number of aryl methyl sites for hydroxylation is 3. The maximum absolute atomic E-state index is 4.98. The van der Waals surface area contributed by atoms with Crippen molar-refractivity contribution >= 4 is 11.4 Å². The lowest BCUT2D eigenvalue weighted by atomic mass is 9.90. The summed E-state index contributed by atoms with van der Waals surface area (Å²) < 4.78 is 0. The number of benzene rings is 2. The Morgan fingerprint density at radius 1 is 0.842 bits per heavy atom. The summed E-state index contributed by atoms with van der Waals surface area (Å²) in [5.74, 6) is 0. The van der Waals surface area contributed by atoms with Crippen molar-refractivity contribution in [3.05, 3.63) is 64.7 Å². The summed E-state index contributed by atoms with van der Waals surface area (Å²) in [6.45, 7) is 4.28. The molecule has 0 amide bonds. The van der Waals surface area contributed by atoms with E-state index < -0.39 is 0 Å². The average Bonchev–Trinajstić information content (AvgIpc) is 2.43. The van der Waals surface area contributed by atoms with Crippen LogP contribution in [0.25, 0.3) is 0 Å². The van der Waals surface area contributed by atoms with Gasteiger partial charge in [0, 0.05) is 5.71 Å². The van der Waals surface area contributed by atoms with Crippen LogP contribution >= 0.6 is 0 Å². The minimum atomic E-state index is 1.09. The zero-order valence-electron chi connectivity index (χ0n) is 11.6. The van der Waals surface area contributed by atoms with Crippen molar-refractivity contribution in [1.82, 2.24) is 0 Å². The Morgan fingerprint density at radius 3 is 2.37 bits per heavy atom. The number of nitrogens with zero attached hydrogens (tertiary/aromatic N) is 1. The first kappa shape index (κ1) is 12.2. The molecule has 0 fully saturated rings. The number of rotatable bonds is 1. The maximum Gasteiger partial charge on any atom is 0.0691 e. The lowest BCUT2D eigenvalue weighted by molar-refractivity contribution is 0.839. The second-order valence-corrected chi connectivity index (χ2v) is 5.31. The first-order chi connectivity index (χ1) is 9.25. The SMILES string of the molecule is Cc1cccc(C)c1N=C1CCCc2ccccc21. The van der Waals surface area contributed by atoms with Gasteiger partial charge < -0.3 is 0 Å². The molecule has 0 atom stereocenters. The van der Waals surface area contributed by atoms with E-state index in [-0.39, 0.29) is 0 Å². The minimum Gasteiger partial charge on any atom is -0.252 e. The number of hydrogen-bond acceptors (Lipinski definition) is 1. The van der Waals surface area contributed by atoms with E-state index in [1.807, 2.05) is 0 Å². The van der Waals surface area contributed by atoms with Gasteiger partial charge in [0.15, 0.2) is 0 Å². The quantitative estimate of drug-likeness (QED) is 0.691. The monoisotopic (exact) mass is 249 g/mol. The fourth-order valence-corrected chi connectivity index (χ4v) is 2.83. The highest BCUT2D eigenvalue weighted by molar-refractivity contribution is 6.04. The highest BCUT2D eigenvalue weighted by Gasteiger charge is 2.15. The number of fused-ring (bicyclic) bond motifs is 1. The molecule has 2 aromatic rings. The second-order valence-electron chi connectivity index (χ2n) is 5.31. The summed E-state index contributed by atoms with van der Waals surface area (Å²) >= 11 is 0. The smallest absolute Gasteiger partial charge is 0.0691 e. The van der Waals surface area contributed by atoms with Crippen molar-refractivity contribution in [2.45, 2.75) is 33.1 Å². The molecule has 1 heteroatoms. The predicted octanol–water partition coefficient (Wildman–Crippen LogP) is 4.76. The molecule has 0 saturated heterocycles. The third kappa shape index (κ3) is 2.33. The van der Waals surface area contributed by atoms with Crippen molar-refractivity contribution in [3.63, 3.8) is 0 Å². The fourth-order valence-electron chi connectivity index (χ4n) is 2.83. The zero-order valence-corrected chi connectivity index (χ0v) is 11.6. The van der Waals surface area contributed by atoms with Crippen LogP contribution < -0.4 is 0 Å². The van der Waals surface area contributed by atoms with E-state index in [0.717, 1.165) is 12.1 Å². The lowest BCUT2D eigenvalue weighted by Crippen LogP contribution is -2.11. The molecule has 0 spiro atoms. The highest BCUT2D eigenvalue weighted by atomic mass is 14.8. The standard InChI is InChI=1S/C18H19N/c1-13-7-5-8-14(2)18(13)19-17-12-6-10-15-9-3-4-11-16(15)17/h3-5,7-9,11H,6,10,12H2,1-2H3. The number of para-hydroxylation sites is 1. The third-order valence-electron chi connectivity index (χ3n) is 3.87. The fraction of sp³-hybridized carbons (Fsp3) is 0.278. The summed E-state index contributed by atoms with van der Waals surface area (Å²) in [5, 5.41) is 0. The van der Waals surface area contributed by atoms with E-state index in [2.05, 4.69) is 56.3 Å². The van der Waals surface area contributed by atoms with Gasteiger partial charge in [-0.25, -0.2) is 0 Å². The largest absolute Gasteiger partial charge is 0.252 e. The topological polar surface area (TPSA) is 12.4 Å². The predicted molar refractivity (Wildman–Crippen MR) is 81.5 cm³/mol. The van der Waals surface area contributed by atoms with Crippen molar-refractivity contribution in [1.29, 1.82) is 0 Å².